The van der Waals surface area contributed by atoms with E-state index in [1.54, 1.807) is 24.4 Å². The first-order chi connectivity index (χ1) is 8.17. The highest BCUT2D eigenvalue weighted by Gasteiger charge is 2.02. The number of ether oxygens (including phenoxy) is 1. The molecule has 0 amide bonds. The molecule has 0 aromatic heterocycles. The van der Waals surface area contributed by atoms with Crippen LogP contribution in [-0.2, 0) is 0 Å². The Labute approximate surface area is 105 Å². The Morgan fingerprint density at radius 1 is 1.59 bits per heavy atom. The molecule has 0 radical (unpaired) electrons. The first-order valence-corrected chi connectivity index (χ1v) is 5.57. The molecule has 5 nitrogen and oxygen atoms in total. The number of methoxy groups -OCH3 is 1. The summed E-state index contributed by atoms with van der Waals surface area (Å²) in [7, 11) is 1.50. The Kier molecular flexibility index (Phi) is 5.22. The maximum Gasteiger partial charge on any atom is 0.223 e. The molecule has 0 aliphatic rings. The molecule has 6 heteroatoms. The largest absolute Gasteiger partial charge is 0.504 e. The van der Waals surface area contributed by atoms with Crippen LogP contribution in [0.1, 0.15) is 12.5 Å². The molecule has 0 unspecified atom stereocenters. The first kappa shape index (κ1) is 13.2. The van der Waals surface area contributed by atoms with E-state index < -0.39 is 0 Å². The average molecular weight is 254 g/mol. The molecule has 0 fully saturated rings. The van der Waals surface area contributed by atoms with Crippen LogP contribution in [-0.4, -0.2) is 30.1 Å². The zero-order valence-electron chi connectivity index (χ0n) is 9.78. The lowest BCUT2D eigenvalue weighted by Crippen LogP contribution is -2.82. The number of aromatic hydroxyl groups is 1. The highest BCUT2D eigenvalue weighted by molar-refractivity contribution is 7.80. The van der Waals surface area contributed by atoms with E-state index in [-0.39, 0.29) is 5.75 Å². The Morgan fingerprint density at radius 3 is 3.00 bits per heavy atom. The molecule has 0 heterocycles. The van der Waals surface area contributed by atoms with Gasteiger partial charge in [-0.05, 0) is 37.3 Å². The van der Waals surface area contributed by atoms with Crippen molar-refractivity contribution in [3.8, 4) is 11.5 Å². The van der Waals surface area contributed by atoms with Gasteiger partial charge in [-0.3, -0.25) is 0 Å². The second kappa shape index (κ2) is 6.70. The fourth-order valence-electron chi connectivity index (χ4n) is 1.17. The van der Waals surface area contributed by atoms with Crippen molar-refractivity contribution in [2.24, 2.45) is 0 Å². The van der Waals surface area contributed by atoms with Crippen LogP contribution >= 0.6 is 12.2 Å². The van der Waals surface area contributed by atoms with Gasteiger partial charge in [0.2, 0.25) is 5.11 Å². The zero-order chi connectivity index (χ0) is 12.7. The fraction of sp³-hybridized carbons (Fsp3) is 0.273. The van der Waals surface area contributed by atoms with Gasteiger partial charge >= 0.3 is 0 Å². The molecule has 1 rings (SSSR count). The van der Waals surface area contributed by atoms with Crippen LogP contribution in [0.2, 0.25) is 0 Å². The quantitative estimate of drug-likeness (QED) is 0.325. The molecule has 0 bridgehead atoms. The molecule has 92 valence electrons. The summed E-state index contributed by atoms with van der Waals surface area (Å²) in [5.41, 5.74) is 3.65. The summed E-state index contributed by atoms with van der Waals surface area (Å²) >= 11 is 4.97. The van der Waals surface area contributed by atoms with E-state index in [1.165, 1.54) is 7.11 Å². The minimum atomic E-state index is 0.112. The van der Waals surface area contributed by atoms with E-state index >= 15 is 0 Å². The second-order valence-electron chi connectivity index (χ2n) is 3.20. The summed E-state index contributed by atoms with van der Waals surface area (Å²) in [5.74, 6) is 0.538. The third kappa shape index (κ3) is 4.28. The van der Waals surface area contributed by atoms with Crippen molar-refractivity contribution in [3.05, 3.63) is 23.8 Å². The molecule has 1 aromatic rings. The van der Waals surface area contributed by atoms with Gasteiger partial charge in [-0.1, -0.05) is 0 Å². The van der Waals surface area contributed by atoms with E-state index in [0.717, 1.165) is 12.1 Å². The van der Waals surface area contributed by atoms with Crippen LogP contribution in [0.25, 0.3) is 0 Å². The number of phenolic OH excluding ortho intramolecular Hbond substituents is 1. The molecule has 0 aliphatic carbocycles. The third-order valence-electron chi connectivity index (χ3n) is 1.97. The van der Waals surface area contributed by atoms with E-state index in [9.17, 15) is 5.11 Å². The van der Waals surface area contributed by atoms with Crippen molar-refractivity contribution in [1.29, 1.82) is 0 Å². The van der Waals surface area contributed by atoms with Gasteiger partial charge in [0.1, 0.15) is 0 Å². The highest BCUT2D eigenvalue weighted by Crippen LogP contribution is 2.25. The molecule has 0 saturated heterocycles. The number of nitrogens with one attached hydrogen (secondary N) is 3. The van der Waals surface area contributed by atoms with Crippen LogP contribution in [0.3, 0.4) is 0 Å². The first-order valence-electron chi connectivity index (χ1n) is 5.17. The molecule has 0 aliphatic heterocycles. The lowest BCUT2D eigenvalue weighted by molar-refractivity contribution is -0.500. The third-order valence-corrected chi connectivity index (χ3v) is 2.21. The minimum absolute atomic E-state index is 0.112. The fourth-order valence-corrected chi connectivity index (χ4v) is 1.38. The summed E-state index contributed by atoms with van der Waals surface area (Å²) in [4.78, 5) is 0. The number of rotatable bonds is 4. The Bertz CT molecular complexity index is 421. The zero-order valence-corrected chi connectivity index (χ0v) is 10.6. The number of benzene rings is 1. The van der Waals surface area contributed by atoms with Crippen LogP contribution < -0.4 is 20.6 Å². The van der Waals surface area contributed by atoms with Crippen molar-refractivity contribution in [2.75, 3.05) is 13.7 Å². The standard InChI is InChI=1S/C11H15N3O2S/c1-3-12-11(17)14-13-7-8-4-5-9(15)10(6-8)16-2/h4-7,15H,3H2,1-2H3,(H2,12,14,17)/p+1/b13-7+. The van der Waals surface area contributed by atoms with Gasteiger partial charge in [0.25, 0.3) is 0 Å². The molecule has 0 spiro atoms. The van der Waals surface area contributed by atoms with Crippen molar-refractivity contribution in [3.63, 3.8) is 0 Å². The Morgan fingerprint density at radius 2 is 2.35 bits per heavy atom. The number of hydrogen-bond acceptors (Lipinski definition) is 3. The maximum atomic E-state index is 9.41. The van der Waals surface area contributed by atoms with E-state index in [1.807, 2.05) is 6.92 Å². The maximum absolute atomic E-state index is 9.41. The summed E-state index contributed by atoms with van der Waals surface area (Å²) in [6.45, 7) is 2.73. The Balaban J connectivity index is 2.62. The molecular weight excluding hydrogens is 238 g/mol. The normalized spacial score (nSPS) is 10.2. The van der Waals surface area contributed by atoms with Gasteiger partial charge in [-0.2, -0.15) is 0 Å². The second-order valence-corrected chi connectivity index (χ2v) is 3.61. The molecule has 17 heavy (non-hydrogen) atoms. The van der Waals surface area contributed by atoms with Crippen LogP contribution in [0.15, 0.2) is 18.2 Å². The number of hydrogen-bond donors (Lipinski definition) is 4. The lowest BCUT2D eigenvalue weighted by atomic mass is 10.2. The number of phenols is 1. The minimum Gasteiger partial charge on any atom is -0.504 e. The molecule has 1 aromatic carbocycles. The molecule has 0 saturated carbocycles. The van der Waals surface area contributed by atoms with Crippen LogP contribution in [0.5, 0.6) is 11.5 Å². The van der Waals surface area contributed by atoms with Crippen molar-refractivity contribution < 1.29 is 14.9 Å². The van der Waals surface area contributed by atoms with Crippen LogP contribution in [0.4, 0.5) is 0 Å². The summed E-state index contributed by atoms with van der Waals surface area (Å²) in [6, 6.07) is 5.03. The monoisotopic (exact) mass is 254 g/mol. The van der Waals surface area contributed by atoms with Gasteiger partial charge in [0, 0.05) is 12.1 Å². The van der Waals surface area contributed by atoms with Crippen LogP contribution in [0, 0.1) is 0 Å². The predicted octanol–water partition coefficient (Wildman–Crippen LogP) is -0.701. The lowest BCUT2D eigenvalue weighted by Gasteiger charge is -2.02. The number of hydrazine groups is 1. The smallest absolute Gasteiger partial charge is 0.223 e. The van der Waals surface area contributed by atoms with E-state index in [4.69, 9.17) is 17.0 Å². The molecule has 0 atom stereocenters. The predicted molar refractivity (Wildman–Crippen MR) is 70.2 cm³/mol. The van der Waals surface area contributed by atoms with Crippen molar-refractivity contribution in [1.82, 2.24) is 10.7 Å². The van der Waals surface area contributed by atoms with Gasteiger partial charge in [-0.25, -0.2) is 0 Å². The van der Waals surface area contributed by atoms with E-state index in [0.29, 0.717) is 10.9 Å². The van der Waals surface area contributed by atoms with Gasteiger partial charge in [0.15, 0.2) is 17.7 Å². The SMILES string of the molecule is CCNC(=S)N/[NH+]=C/c1ccc(O)c(OC)c1. The number of thiocarbonyl (C=S) groups is 1. The van der Waals surface area contributed by atoms with Gasteiger partial charge < -0.3 is 15.2 Å². The van der Waals surface area contributed by atoms with Gasteiger partial charge in [-0.15, -0.1) is 10.5 Å². The summed E-state index contributed by atoms with van der Waals surface area (Å²) in [5, 5.41) is 15.7. The van der Waals surface area contributed by atoms with Gasteiger partial charge in [0.05, 0.1) is 7.11 Å². The number of hydrazone groups is 1. The van der Waals surface area contributed by atoms with E-state index in [2.05, 4.69) is 15.8 Å². The highest BCUT2D eigenvalue weighted by atomic mass is 32.1. The average Bonchev–Trinajstić information content (AvgIpc) is 2.31. The molecule has 4 N–H and O–H groups in total. The summed E-state index contributed by atoms with van der Waals surface area (Å²) in [6.07, 6.45) is 1.71. The van der Waals surface area contributed by atoms with Crippen molar-refractivity contribution in [2.45, 2.75) is 6.92 Å². The molecular formula is C11H16N3O2S+. The Hall–Kier alpha value is -1.82. The van der Waals surface area contributed by atoms with Crippen molar-refractivity contribution >= 4 is 23.5 Å². The summed E-state index contributed by atoms with van der Waals surface area (Å²) < 4.78 is 5.00. The topological polar surface area (TPSA) is 67.5 Å².